The Morgan fingerprint density at radius 1 is 1.11 bits per heavy atom. The first-order valence-corrected chi connectivity index (χ1v) is 12.3. The molecule has 1 fully saturated rings. The van der Waals surface area contributed by atoms with Crippen molar-refractivity contribution in [1.29, 1.82) is 0 Å². The lowest BCUT2D eigenvalue weighted by atomic mass is 9.98. The van der Waals surface area contributed by atoms with Crippen molar-refractivity contribution < 1.29 is 18.7 Å². The van der Waals surface area contributed by atoms with Gasteiger partial charge in [0.05, 0.1) is 31.0 Å². The van der Waals surface area contributed by atoms with E-state index in [1.807, 2.05) is 44.2 Å². The van der Waals surface area contributed by atoms with Crippen molar-refractivity contribution in [1.82, 2.24) is 15.2 Å². The van der Waals surface area contributed by atoms with E-state index < -0.39 is 0 Å². The Bertz CT molecular complexity index is 1330. The third-order valence-corrected chi connectivity index (χ3v) is 6.42. The van der Waals surface area contributed by atoms with Crippen LogP contribution < -0.4 is 10.1 Å². The van der Waals surface area contributed by atoms with Gasteiger partial charge in [0.1, 0.15) is 11.5 Å². The van der Waals surface area contributed by atoms with Crippen LogP contribution in [0.5, 0.6) is 5.75 Å². The first-order valence-electron chi connectivity index (χ1n) is 12.3. The summed E-state index contributed by atoms with van der Waals surface area (Å²) < 4.78 is 17.0. The molecule has 1 aliphatic heterocycles. The quantitative estimate of drug-likeness (QED) is 0.383. The molecule has 36 heavy (non-hydrogen) atoms. The van der Waals surface area contributed by atoms with Crippen LogP contribution >= 0.6 is 0 Å². The first-order chi connectivity index (χ1) is 17.6. The van der Waals surface area contributed by atoms with Gasteiger partial charge in [0.25, 0.3) is 5.91 Å². The van der Waals surface area contributed by atoms with Gasteiger partial charge in [-0.3, -0.25) is 14.7 Å². The van der Waals surface area contributed by atoms with Crippen LogP contribution in [0.25, 0.3) is 22.0 Å². The maximum Gasteiger partial charge on any atom is 0.258 e. The molecule has 2 aromatic heterocycles. The van der Waals surface area contributed by atoms with Crippen molar-refractivity contribution in [2.75, 3.05) is 32.9 Å². The fourth-order valence-corrected chi connectivity index (χ4v) is 4.59. The second-order valence-electron chi connectivity index (χ2n) is 9.13. The van der Waals surface area contributed by atoms with E-state index in [1.165, 1.54) is 0 Å². The monoisotopic (exact) mass is 485 g/mol. The van der Waals surface area contributed by atoms with Crippen LogP contribution in [0.1, 0.15) is 30.0 Å². The van der Waals surface area contributed by atoms with Crippen LogP contribution in [0.3, 0.4) is 0 Å². The number of hydrogen-bond acceptors (Lipinski definition) is 6. The van der Waals surface area contributed by atoms with E-state index in [0.717, 1.165) is 66.1 Å². The molecule has 1 saturated heterocycles. The number of aryl methyl sites for hydroxylation is 1. The van der Waals surface area contributed by atoms with Crippen LogP contribution in [0, 0.1) is 6.92 Å². The minimum absolute atomic E-state index is 0.0716. The predicted octanol–water partition coefficient (Wildman–Crippen LogP) is 4.89. The average Bonchev–Trinajstić information content (AvgIpc) is 3.43. The van der Waals surface area contributed by atoms with Crippen molar-refractivity contribution in [3.8, 4) is 16.9 Å². The summed E-state index contributed by atoms with van der Waals surface area (Å²) in [7, 11) is 0. The molecule has 1 amide bonds. The number of amides is 1. The van der Waals surface area contributed by atoms with Gasteiger partial charge < -0.3 is 19.2 Å². The van der Waals surface area contributed by atoms with Gasteiger partial charge in [0.2, 0.25) is 0 Å². The number of pyridine rings is 1. The molecule has 2 aromatic carbocycles. The Kier molecular flexibility index (Phi) is 7.30. The zero-order chi connectivity index (χ0) is 24.9. The van der Waals surface area contributed by atoms with E-state index in [0.29, 0.717) is 11.5 Å². The third-order valence-electron chi connectivity index (χ3n) is 6.42. The summed E-state index contributed by atoms with van der Waals surface area (Å²) >= 11 is 0. The number of furan rings is 1. The van der Waals surface area contributed by atoms with E-state index in [2.05, 4.69) is 39.5 Å². The van der Waals surface area contributed by atoms with Crippen LogP contribution in [0.2, 0.25) is 0 Å². The normalized spacial score (nSPS) is 15.1. The highest BCUT2D eigenvalue weighted by molar-refractivity contribution is 5.94. The number of ether oxygens (including phenoxy) is 2. The van der Waals surface area contributed by atoms with Crippen LogP contribution in [-0.4, -0.2) is 48.7 Å². The highest BCUT2D eigenvalue weighted by Gasteiger charge is 2.17. The van der Waals surface area contributed by atoms with Crippen molar-refractivity contribution >= 4 is 16.8 Å². The fraction of sp³-hybridized carbons (Fsp3) is 0.310. The van der Waals surface area contributed by atoms with Crippen LogP contribution in [-0.2, 0) is 16.1 Å². The van der Waals surface area contributed by atoms with Gasteiger partial charge >= 0.3 is 0 Å². The number of carbonyl (C=O) groups is 1. The second kappa shape index (κ2) is 10.9. The summed E-state index contributed by atoms with van der Waals surface area (Å²) in [5, 5.41) is 4.04. The minimum Gasteiger partial charge on any atom is -0.483 e. The van der Waals surface area contributed by atoms with E-state index in [1.54, 1.807) is 12.3 Å². The van der Waals surface area contributed by atoms with Gasteiger partial charge in [-0.25, -0.2) is 0 Å². The van der Waals surface area contributed by atoms with Gasteiger partial charge in [-0.1, -0.05) is 24.3 Å². The lowest BCUT2D eigenvalue weighted by molar-refractivity contribution is -0.123. The molecule has 5 rings (SSSR count). The summed E-state index contributed by atoms with van der Waals surface area (Å²) in [6, 6.07) is 19.9. The van der Waals surface area contributed by atoms with Crippen molar-refractivity contribution in [3.05, 3.63) is 83.9 Å². The first kappa shape index (κ1) is 24.0. The maximum absolute atomic E-state index is 12.6. The number of aromatic nitrogens is 1. The number of rotatable bonds is 8. The molecule has 0 bridgehead atoms. The predicted molar refractivity (Wildman–Crippen MR) is 139 cm³/mol. The number of carbonyl (C=O) groups excluding carboxylic acids is 1. The van der Waals surface area contributed by atoms with E-state index in [4.69, 9.17) is 13.9 Å². The minimum atomic E-state index is -0.227. The summed E-state index contributed by atoms with van der Waals surface area (Å²) in [6.45, 7) is 7.72. The van der Waals surface area contributed by atoms with E-state index >= 15 is 0 Å². The van der Waals surface area contributed by atoms with Crippen LogP contribution in [0.4, 0.5) is 0 Å². The van der Waals surface area contributed by atoms with Crippen molar-refractivity contribution in [2.45, 2.75) is 26.4 Å². The van der Waals surface area contributed by atoms with Gasteiger partial charge in [-0.15, -0.1) is 0 Å². The third kappa shape index (κ3) is 5.58. The van der Waals surface area contributed by atoms with Gasteiger partial charge in [0.15, 0.2) is 6.61 Å². The smallest absolute Gasteiger partial charge is 0.258 e. The number of para-hydroxylation sites is 1. The SMILES string of the molecule is Cc1cc(-c2ccc(OCC(=O)N[C@@H](C)c3ccco3)c(CN3CCOCC3)c2)c2ccccc2n1. The molecular weight excluding hydrogens is 454 g/mol. The number of fused-ring (bicyclic) bond motifs is 1. The Hall–Kier alpha value is -3.68. The lowest BCUT2D eigenvalue weighted by Crippen LogP contribution is -2.36. The van der Waals surface area contributed by atoms with Gasteiger partial charge in [0, 0.05) is 36.3 Å². The van der Waals surface area contributed by atoms with Gasteiger partial charge in [-0.2, -0.15) is 0 Å². The summed E-state index contributed by atoms with van der Waals surface area (Å²) in [6.07, 6.45) is 1.60. The van der Waals surface area contributed by atoms with E-state index in [9.17, 15) is 4.79 Å². The number of nitrogens with one attached hydrogen (secondary N) is 1. The standard InChI is InChI=1S/C29H31N3O4/c1-20-16-25(24-6-3-4-7-26(24)30-20)22-9-10-28(23(17-22)18-32-11-14-34-15-12-32)36-19-29(33)31-21(2)27-8-5-13-35-27/h3-10,13,16-17,21H,11-12,14-15,18-19H2,1-2H3,(H,31,33)/t21-/m0/s1. The molecule has 1 N–H and O–H groups in total. The second-order valence-corrected chi connectivity index (χ2v) is 9.13. The maximum atomic E-state index is 12.6. The molecule has 3 heterocycles. The number of hydrogen-bond donors (Lipinski definition) is 1. The van der Waals surface area contributed by atoms with Crippen molar-refractivity contribution in [3.63, 3.8) is 0 Å². The largest absolute Gasteiger partial charge is 0.483 e. The Morgan fingerprint density at radius 3 is 2.75 bits per heavy atom. The molecule has 0 radical (unpaired) electrons. The summed E-state index contributed by atoms with van der Waals surface area (Å²) in [5.41, 5.74) is 5.23. The lowest BCUT2D eigenvalue weighted by Gasteiger charge is -2.27. The highest BCUT2D eigenvalue weighted by atomic mass is 16.5. The highest BCUT2D eigenvalue weighted by Crippen LogP contribution is 2.33. The van der Waals surface area contributed by atoms with Crippen LogP contribution in [0.15, 0.2) is 71.3 Å². The summed E-state index contributed by atoms with van der Waals surface area (Å²) in [4.78, 5) is 19.6. The molecule has 0 aliphatic carbocycles. The summed E-state index contributed by atoms with van der Waals surface area (Å²) in [5.74, 6) is 1.22. The molecule has 4 aromatic rings. The molecule has 7 heteroatoms. The fourth-order valence-electron chi connectivity index (χ4n) is 4.59. The molecule has 0 saturated carbocycles. The zero-order valence-corrected chi connectivity index (χ0v) is 20.7. The van der Waals surface area contributed by atoms with Gasteiger partial charge in [-0.05, 0) is 61.4 Å². The molecule has 186 valence electrons. The zero-order valence-electron chi connectivity index (χ0n) is 20.7. The molecule has 1 atom stereocenters. The average molecular weight is 486 g/mol. The molecule has 1 aliphatic rings. The number of morpholine rings is 1. The number of benzene rings is 2. The molecular formula is C29H31N3O4. The Balaban J connectivity index is 1.40. The molecule has 0 spiro atoms. The number of nitrogens with zero attached hydrogens (tertiary/aromatic N) is 2. The molecule has 7 nitrogen and oxygen atoms in total. The molecule has 0 unspecified atom stereocenters. The van der Waals surface area contributed by atoms with E-state index in [-0.39, 0.29) is 18.6 Å². The Morgan fingerprint density at radius 2 is 1.94 bits per heavy atom. The topological polar surface area (TPSA) is 76.8 Å². The van der Waals surface area contributed by atoms with Crippen molar-refractivity contribution in [2.24, 2.45) is 0 Å². The Labute approximate surface area is 211 Å².